The van der Waals surface area contributed by atoms with E-state index < -0.39 is 0 Å². The van der Waals surface area contributed by atoms with Crippen molar-refractivity contribution in [1.82, 2.24) is 20.3 Å². The fraction of sp³-hybridized carbons (Fsp3) is 0.619. The van der Waals surface area contributed by atoms with Crippen LogP contribution in [-0.4, -0.2) is 47.1 Å². The van der Waals surface area contributed by atoms with Gasteiger partial charge in [0, 0.05) is 56.5 Å². The summed E-state index contributed by atoms with van der Waals surface area (Å²) in [5.41, 5.74) is 1.39. The molecule has 1 saturated heterocycles. The van der Waals surface area contributed by atoms with Gasteiger partial charge in [-0.15, -0.1) is 0 Å². The monoisotopic (exact) mass is 399 g/mol. The second kappa shape index (κ2) is 7.09. The first kappa shape index (κ1) is 19.8. The lowest BCUT2D eigenvalue weighted by molar-refractivity contribution is 0.0917. The maximum absolute atomic E-state index is 12.5. The van der Waals surface area contributed by atoms with E-state index in [-0.39, 0.29) is 17.4 Å². The molecule has 1 aliphatic carbocycles. The number of ether oxygens (including phenoxy) is 1. The van der Waals surface area contributed by atoms with Crippen molar-refractivity contribution < 1.29 is 13.9 Å². The number of carbonyl (C=O) groups is 1. The summed E-state index contributed by atoms with van der Waals surface area (Å²) in [6.07, 6.45) is 0. The number of anilines is 1. The third-order valence-electron chi connectivity index (χ3n) is 5.65. The lowest BCUT2D eigenvalue weighted by Gasteiger charge is -2.25. The largest absolute Gasteiger partial charge is 0.436 e. The molecule has 2 aliphatic rings. The van der Waals surface area contributed by atoms with Crippen molar-refractivity contribution in [3.8, 4) is 0 Å². The second-order valence-corrected chi connectivity index (χ2v) is 9.10. The van der Waals surface area contributed by atoms with Crippen LogP contribution in [0.15, 0.2) is 10.5 Å². The van der Waals surface area contributed by atoms with Gasteiger partial charge in [-0.1, -0.05) is 20.8 Å². The molecule has 0 radical (unpaired) electrons. The van der Waals surface area contributed by atoms with Crippen molar-refractivity contribution in [2.24, 2.45) is 11.8 Å². The van der Waals surface area contributed by atoms with Crippen molar-refractivity contribution in [1.29, 1.82) is 0 Å². The van der Waals surface area contributed by atoms with Crippen LogP contribution in [0.3, 0.4) is 0 Å². The fourth-order valence-corrected chi connectivity index (χ4v) is 4.09. The number of nitrogens with zero attached hydrogens (tertiary/aromatic N) is 4. The summed E-state index contributed by atoms with van der Waals surface area (Å²) in [6, 6.07) is 2.20. The molecule has 2 aromatic heterocycles. The van der Waals surface area contributed by atoms with Crippen LogP contribution >= 0.6 is 0 Å². The van der Waals surface area contributed by atoms with Crippen LogP contribution < -0.4 is 10.2 Å². The van der Waals surface area contributed by atoms with Crippen molar-refractivity contribution >= 4 is 11.7 Å². The molecule has 2 aromatic rings. The summed E-state index contributed by atoms with van der Waals surface area (Å²) in [4.78, 5) is 28.4. The van der Waals surface area contributed by atoms with Gasteiger partial charge in [-0.3, -0.25) is 4.79 Å². The van der Waals surface area contributed by atoms with E-state index in [4.69, 9.17) is 14.1 Å². The molecule has 4 rings (SSSR count). The molecule has 8 nitrogen and oxygen atoms in total. The van der Waals surface area contributed by atoms with Crippen LogP contribution in [0.25, 0.3) is 0 Å². The van der Waals surface area contributed by atoms with E-state index in [1.165, 1.54) is 0 Å². The Hall–Kier alpha value is -2.48. The minimum absolute atomic E-state index is 0.134. The molecular weight excluding hydrogens is 370 g/mol. The predicted molar refractivity (Wildman–Crippen MR) is 108 cm³/mol. The van der Waals surface area contributed by atoms with Crippen LogP contribution in [0, 0.1) is 25.7 Å². The molecule has 2 fully saturated rings. The second-order valence-electron chi connectivity index (χ2n) is 9.10. The van der Waals surface area contributed by atoms with Gasteiger partial charge in [0.15, 0.2) is 5.89 Å². The first-order chi connectivity index (χ1) is 13.7. The number of hydrogen-bond donors (Lipinski definition) is 1. The zero-order valence-electron chi connectivity index (χ0n) is 17.9. The standard InChI is InChI=1S/C21H29N5O3/c1-11-18(29-12(2)22-11)19(27)25-17-14-8-26(9-15(14)17)16-7-13(10-28-6)23-20(24-16)21(3,4)5/h7,14-15,17H,8-10H2,1-6H3,(H,25,27)/t14-,15+,17?. The van der Waals surface area contributed by atoms with E-state index in [9.17, 15) is 4.79 Å². The molecule has 8 heteroatoms. The lowest BCUT2D eigenvalue weighted by Crippen LogP contribution is -2.35. The van der Waals surface area contributed by atoms with Gasteiger partial charge < -0.3 is 19.4 Å². The number of piperidine rings is 1. The number of aryl methyl sites for hydroxylation is 2. The summed E-state index contributed by atoms with van der Waals surface area (Å²) >= 11 is 0. The van der Waals surface area contributed by atoms with Crippen LogP contribution in [0.4, 0.5) is 5.82 Å². The SMILES string of the molecule is COCc1cc(N2C[C@@H]3C(NC(=O)c4oc(C)nc4C)[C@@H]3C2)nc(C(C)(C)C)n1. The van der Waals surface area contributed by atoms with Crippen LogP contribution in [0.5, 0.6) is 0 Å². The minimum atomic E-state index is -0.173. The fourth-order valence-electron chi connectivity index (χ4n) is 4.09. The van der Waals surface area contributed by atoms with E-state index >= 15 is 0 Å². The Labute approximate surface area is 171 Å². The zero-order chi connectivity index (χ0) is 20.9. The highest BCUT2D eigenvalue weighted by Gasteiger charge is 2.57. The molecule has 1 amide bonds. The number of rotatable bonds is 5. The van der Waals surface area contributed by atoms with Crippen LogP contribution in [0.2, 0.25) is 0 Å². The zero-order valence-corrected chi connectivity index (χ0v) is 17.9. The molecule has 1 N–H and O–H groups in total. The number of oxazole rings is 1. The molecule has 3 atom stereocenters. The Morgan fingerprint density at radius 1 is 1.24 bits per heavy atom. The third kappa shape index (κ3) is 3.85. The van der Waals surface area contributed by atoms with Gasteiger partial charge in [0.25, 0.3) is 5.91 Å². The average Bonchev–Trinajstić information content (AvgIpc) is 2.96. The Balaban J connectivity index is 1.43. The van der Waals surface area contributed by atoms with E-state index in [2.05, 4.69) is 41.0 Å². The van der Waals surface area contributed by atoms with E-state index in [0.717, 1.165) is 30.4 Å². The molecule has 0 aromatic carbocycles. The summed E-state index contributed by atoms with van der Waals surface area (Å²) < 4.78 is 10.7. The molecule has 1 unspecified atom stereocenters. The highest BCUT2D eigenvalue weighted by Crippen LogP contribution is 2.46. The molecule has 3 heterocycles. The van der Waals surface area contributed by atoms with Crippen molar-refractivity contribution in [2.45, 2.75) is 52.7 Å². The van der Waals surface area contributed by atoms with Gasteiger partial charge in [-0.05, 0) is 6.92 Å². The highest BCUT2D eigenvalue weighted by atomic mass is 16.5. The average molecular weight is 399 g/mol. The number of methoxy groups -OCH3 is 1. The van der Waals surface area contributed by atoms with Crippen molar-refractivity contribution in [2.75, 3.05) is 25.1 Å². The smallest absolute Gasteiger partial charge is 0.289 e. The number of amides is 1. The number of carbonyl (C=O) groups excluding carboxylic acids is 1. The Kier molecular flexibility index (Phi) is 4.85. The number of nitrogens with one attached hydrogen (secondary N) is 1. The maximum atomic E-state index is 12.5. The molecule has 0 spiro atoms. The topological polar surface area (TPSA) is 93.4 Å². The summed E-state index contributed by atoms with van der Waals surface area (Å²) in [7, 11) is 1.68. The van der Waals surface area contributed by atoms with Gasteiger partial charge in [-0.25, -0.2) is 15.0 Å². The minimum Gasteiger partial charge on any atom is -0.436 e. The Bertz CT molecular complexity index is 921. The van der Waals surface area contributed by atoms with Crippen molar-refractivity contribution in [3.05, 3.63) is 34.9 Å². The lowest BCUT2D eigenvalue weighted by atomic mass is 9.95. The quantitative estimate of drug-likeness (QED) is 0.825. The normalized spacial score (nSPS) is 23.2. The number of fused-ring (bicyclic) bond motifs is 1. The molecule has 156 valence electrons. The number of aromatic nitrogens is 3. The first-order valence-corrected chi connectivity index (χ1v) is 10.0. The summed E-state index contributed by atoms with van der Waals surface area (Å²) in [5.74, 6) is 3.29. The Morgan fingerprint density at radius 2 is 1.93 bits per heavy atom. The van der Waals surface area contributed by atoms with Crippen LogP contribution in [-0.2, 0) is 16.8 Å². The summed E-state index contributed by atoms with van der Waals surface area (Å²) in [5, 5.41) is 3.11. The van der Waals surface area contributed by atoms with Gasteiger partial charge in [0.1, 0.15) is 11.6 Å². The number of hydrogen-bond acceptors (Lipinski definition) is 7. The molecule has 29 heavy (non-hydrogen) atoms. The first-order valence-electron chi connectivity index (χ1n) is 10.0. The van der Waals surface area contributed by atoms with Gasteiger partial charge in [0.05, 0.1) is 18.0 Å². The van der Waals surface area contributed by atoms with Crippen molar-refractivity contribution in [3.63, 3.8) is 0 Å². The third-order valence-corrected chi connectivity index (χ3v) is 5.65. The molecule has 0 bridgehead atoms. The molecule has 1 saturated carbocycles. The van der Waals surface area contributed by atoms with Gasteiger partial charge in [0.2, 0.25) is 5.76 Å². The highest BCUT2D eigenvalue weighted by molar-refractivity contribution is 5.93. The Morgan fingerprint density at radius 3 is 2.48 bits per heavy atom. The van der Waals surface area contributed by atoms with Gasteiger partial charge >= 0.3 is 0 Å². The van der Waals surface area contributed by atoms with E-state index in [1.54, 1.807) is 21.0 Å². The van der Waals surface area contributed by atoms with E-state index in [1.807, 2.05) is 6.07 Å². The van der Waals surface area contributed by atoms with Gasteiger partial charge in [-0.2, -0.15) is 0 Å². The predicted octanol–water partition coefficient (Wildman–Crippen LogP) is 2.39. The molecular formula is C21H29N5O3. The van der Waals surface area contributed by atoms with Crippen LogP contribution in [0.1, 0.15) is 54.4 Å². The summed E-state index contributed by atoms with van der Waals surface area (Å²) in [6.45, 7) is 12.1. The maximum Gasteiger partial charge on any atom is 0.289 e. The van der Waals surface area contributed by atoms with E-state index in [0.29, 0.717) is 35.8 Å². The molecule has 1 aliphatic heterocycles.